The minimum atomic E-state index is 0.0331. The van der Waals surface area contributed by atoms with E-state index in [0.29, 0.717) is 5.69 Å². The largest absolute Gasteiger partial charge is 0.409 e. The Morgan fingerprint density at radius 2 is 2.38 bits per heavy atom. The van der Waals surface area contributed by atoms with Gasteiger partial charge in [0.25, 0.3) is 0 Å². The number of aromatic nitrogens is 1. The average molecular weight is 222 g/mol. The summed E-state index contributed by atoms with van der Waals surface area (Å²) in [4.78, 5) is 6.15. The first-order valence-corrected chi connectivity index (χ1v) is 5.34. The van der Waals surface area contributed by atoms with Gasteiger partial charge < -0.3 is 15.8 Å². The molecule has 0 aliphatic carbocycles. The minimum Gasteiger partial charge on any atom is -0.409 e. The summed E-state index contributed by atoms with van der Waals surface area (Å²) in [7, 11) is 2.01. The van der Waals surface area contributed by atoms with Crippen LogP contribution in [0.1, 0.15) is 25.5 Å². The Balaban J connectivity index is 2.81. The number of pyridine rings is 1. The molecular formula is C11H18N4O. The summed E-state index contributed by atoms with van der Waals surface area (Å²) in [5, 5.41) is 11.5. The van der Waals surface area contributed by atoms with E-state index < -0.39 is 0 Å². The predicted octanol–water partition coefficient (Wildman–Crippen LogP) is 1.41. The SMILES string of the molecule is CCCCN(C)c1ccnc(C(N)=NO)c1. The van der Waals surface area contributed by atoms with Gasteiger partial charge in [-0.15, -0.1) is 0 Å². The van der Waals surface area contributed by atoms with Gasteiger partial charge >= 0.3 is 0 Å². The van der Waals surface area contributed by atoms with E-state index in [1.165, 1.54) is 0 Å². The van der Waals surface area contributed by atoms with Crippen LogP contribution < -0.4 is 10.6 Å². The number of nitrogens with two attached hydrogens (primary N) is 1. The van der Waals surface area contributed by atoms with E-state index >= 15 is 0 Å². The second-order valence-electron chi connectivity index (χ2n) is 3.66. The second kappa shape index (κ2) is 5.95. The molecule has 5 heteroatoms. The fourth-order valence-electron chi connectivity index (χ4n) is 1.37. The fraction of sp³-hybridized carbons (Fsp3) is 0.455. The van der Waals surface area contributed by atoms with Crippen molar-refractivity contribution < 1.29 is 5.21 Å². The quantitative estimate of drug-likeness (QED) is 0.342. The highest BCUT2D eigenvalue weighted by Crippen LogP contribution is 2.13. The highest BCUT2D eigenvalue weighted by molar-refractivity contribution is 5.95. The molecule has 0 aromatic carbocycles. The molecule has 0 amide bonds. The van der Waals surface area contributed by atoms with Crippen molar-refractivity contribution in [1.82, 2.24) is 4.98 Å². The van der Waals surface area contributed by atoms with Crippen LogP contribution in [0.3, 0.4) is 0 Å². The Labute approximate surface area is 95.6 Å². The Hall–Kier alpha value is -1.78. The lowest BCUT2D eigenvalue weighted by molar-refractivity contribution is 0.318. The van der Waals surface area contributed by atoms with Crippen molar-refractivity contribution in [2.24, 2.45) is 10.9 Å². The van der Waals surface area contributed by atoms with Crippen LogP contribution in [0.4, 0.5) is 5.69 Å². The molecule has 0 aliphatic heterocycles. The Kier molecular flexibility index (Phi) is 4.57. The van der Waals surface area contributed by atoms with E-state index in [-0.39, 0.29) is 5.84 Å². The van der Waals surface area contributed by atoms with E-state index in [1.807, 2.05) is 19.2 Å². The molecule has 1 rings (SSSR count). The first-order chi connectivity index (χ1) is 7.69. The van der Waals surface area contributed by atoms with Crippen LogP contribution in [-0.2, 0) is 0 Å². The number of amidine groups is 1. The highest BCUT2D eigenvalue weighted by Gasteiger charge is 2.05. The lowest BCUT2D eigenvalue weighted by Crippen LogP contribution is -2.20. The normalized spacial score (nSPS) is 11.5. The van der Waals surface area contributed by atoms with Crippen molar-refractivity contribution in [2.75, 3.05) is 18.5 Å². The van der Waals surface area contributed by atoms with Crippen LogP contribution in [0.15, 0.2) is 23.5 Å². The molecule has 0 fully saturated rings. The molecule has 0 saturated carbocycles. The van der Waals surface area contributed by atoms with Gasteiger partial charge in [-0.1, -0.05) is 18.5 Å². The van der Waals surface area contributed by atoms with Crippen LogP contribution >= 0.6 is 0 Å². The molecule has 0 aliphatic rings. The minimum absolute atomic E-state index is 0.0331. The van der Waals surface area contributed by atoms with Crippen LogP contribution in [0.2, 0.25) is 0 Å². The van der Waals surface area contributed by atoms with Crippen LogP contribution in [-0.4, -0.2) is 29.6 Å². The summed E-state index contributed by atoms with van der Waals surface area (Å²) in [5.74, 6) is 0.0331. The zero-order chi connectivity index (χ0) is 12.0. The monoisotopic (exact) mass is 222 g/mol. The third-order valence-electron chi connectivity index (χ3n) is 2.40. The molecule has 0 bridgehead atoms. The van der Waals surface area contributed by atoms with Gasteiger partial charge in [0, 0.05) is 25.5 Å². The molecule has 0 atom stereocenters. The molecule has 5 nitrogen and oxygen atoms in total. The number of anilines is 1. The van der Waals surface area contributed by atoms with Gasteiger partial charge in [0.15, 0.2) is 5.84 Å². The van der Waals surface area contributed by atoms with Gasteiger partial charge in [0.05, 0.1) is 0 Å². The maximum atomic E-state index is 8.57. The molecule has 16 heavy (non-hydrogen) atoms. The molecule has 0 spiro atoms. The topological polar surface area (TPSA) is 74.7 Å². The molecule has 1 aromatic rings. The average Bonchev–Trinajstić information content (AvgIpc) is 2.35. The summed E-state index contributed by atoms with van der Waals surface area (Å²) in [6.07, 6.45) is 3.95. The van der Waals surface area contributed by atoms with Gasteiger partial charge in [-0.3, -0.25) is 4.98 Å². The van der Waals surface area contributed by atoms with Gasteiger partial charge in [0.2, 0.25) is 0 Å². The van der Waals surface area contributed by atoms with Crippen LogP contribution in [0.5, 0.6) is 0 Å². The molecule has 1 aromatic heterocycles. The number of oxime groups is 1. The van der Waals surface area contributed by atoms with Crippen LogP contribution in [0.25, 0.3) is 0 Å². The summed E-state index contributed by atoms with van der Waals surface area (Å²) in [6, 6.07) is 3.72. The molecule has 88 valence electrons. The Bertz CT molecular complexity index is 365. The lowest BCUT2D eigenvalue weighted by atomic mass is 10.2. The number of hydrogen-bond acceptors (Lipinski definition) is 4. The predicted molar refractivity (Wildman–Crippen MR) is 64.9 cm³/mol. The summed E-state index contributed by atoms with van der Waals surface area (Å²) >= 11 is 0. The van der Waals surface area contributed by atoms with Gasteiger partial charge in [-0.2, -0.15) is 0 Å². The molecule has 3 N–H and O–H groups in total. The Morgan fingerprint density at radius 3 is 3.00 bits per heavy atom. The van der Waals surface area contributed by atoms with Gasteiger partial charge in [-0.05, 0) is 18.6 Å². The molecule has 0 saturated heterocycles. The third kappa shape index (κ3) is 3.12. The van der Waals surface area contributed by atoms with Crippen molar-refractivity contribution >= 4 is 11.5 Å². The molecular weight excluding hydrogens is 204 g/mol. The molecule has 0 unspecified atom stereocenters. The first-order valence-electron chi connectivity index (χ1n) is 5.34. The summed E-state index contributed by atoms with van der Waals surface area (Å²) in [5.41, 5.74) is 6.99. The smallest absolute Gasteiger partial charge is 0.188 e. The van der Waals surface area contributed by atoms with Gasteiger partial charge in [0.1, 0.15) is 5.69 Å². The Morgan fingerprint density at radius 1 is 1.62 bits per heavy atom. The number of rotatable bonds is 5. The van der Waals surface area contributed by atoms with Crippen molar-refractivity contribution in [3.63, 3.8) is 0 Å². The van der Waals surface area contributed by atoms with E-state index in [4.69, 9.17) is 10.9 Å². The van der Waals surface area contributed by atoms with Crippen molar-refractivity contribution in [3.05, 3.63) is 24.0 Å². The standard InChI is InChI=1S/C11H18N4O/c1-3-4-7-15(2)9-5-6-13-10(8-9)11(12)14-16/h5-6,8,16H,3-4,7H2,1-2H3,(H2,12,14). The maximum absolute atomic E-state index is 8.57. The second-order valence-corrected chi connectivity index (χ2v) is 3.66. The lowest BCUT2D eigenvalue weighted by Gasteiger charge is -2.19. The number of hydrogen-bond donors (Lipinski definition) is 2. The highest BCUT2D eigenvalue weighted by atomic mass is 16.4. The van der Waals surface area contributed by atoms with Crippen LogP contribution in [0, 0.1) is 0 Å². The van der Waals surface area contributed by atoms with E-state index in [9.17, 15) is 0 Å². The fourth-order valence-corrected chi connectivity index (χ4v) is 1.37. The summed E-state index contributed by atoms with van der Waals surface area (Å²) in [6.45, 7) is 3.14. The zero-order valence-corrected chi connectivity index (χ0v) is 9.72. The molecule has 1 heterocycles. The zero-order valence-electron chi connectivity index (χ0n) is 9.72. The maximum Gasteiger partial charge on any atom is 0.188 e. The van der Waals surface area contributed by atoms with Crippen molar-refractivity contribution in [1.29, 1.82) is 0 Å². The number of unbranched alkanes of at least 4 members (excludes halogenated alkanes) is 1. The molecule has 0 radical (unpaired) electrons. The van der Waals surface area contributed by atoms with E-state index in [2.05, 4.69) is 22.0 Å². The van der Waals surface area contributed by atoms with E-state index in [1.54, 1.807) is 6.20 Å². The van der Waals surface area contributed by atoms with E-state index in [0.717, 1.165) is 25.1 Å². The van der Waals surface area contributed by atoms with Crippen molar-refractivity contribution in [2.45, 2.75) is 19.8 Å². The third-order valence-corrected chi connectivity index (χ3v) is 2.40. The summed E-state index contributed by atoms with van der Waals surface area (Å²) < 4.78 is 0. The number of nitrogens with zero attached hydrogens (tertiary/aromatic N) is 3. The van der Waals surface area contributed by atoms with Crippen molar-refractivity contribution in [3.8, 4) is 0 Å². The van der Waals surface area contributed by atoms with Gasteiger partial charge in [-0.25, -0.2) is 0 Å². The first kappa shape index (κ1) is 12.3.